The summed E-state index contributed by atoms with van der Waals surface area (Å²) < 4.78 is 13.5. The summed E-state index contributed by atoms with van der Waals surface area (Å²) in [5.41, 5.74) is 0.726. The van der Waals surface area contributed by atoms with Gasteiger partial charge in [-0.3, -0.25) is 4.79 Å². The van der Waals surface area contributed by atoms with Gasteiger partial charge in [-0.05, 0) is 47.0 Å². The first-order chi connectivity index (χ1) is 8.08. The van der Waals surface area contributed by atoms with Gasteiger partial charge in [0, 0.05) is 23.2 Å². The van der Waals surface area contributed by atoms with Gasteiger partial charge in [0.2, 0.25) is 5.91 Å². The second-order valence-corrected chi connectivity index (χ2v) is 5.07. The molecule has 1 aliphatic rings. The van der Waals surface area contributed by atoms with Crippen molar-refractivity contribution in [3.63, 3.8) is 0 Å². The first-order valence-electron chi connectivity index (χ1n) is 5.52. The first kappa shape index (κ1) is 12.4. The Hall–Kier alpha value is -1.10. The molecule has 3 nitrogen and oxygen atoms in total. The molecule has 0 heterocycles. The summed E-state index contributed by atoms with van der Waals surface area (Å²) in [7, 11) is 1.82. The van der Waals surface area contributed by atoms with Crippen molar-refractivity contribution in [1.82, 2.24) is 4.90 Å². The molecule has 1 amide bonds. The molecule has 0 atom stereocenters. The Kier molecular flexibility index (Phi) is 3.66. The molecular weight excluding hydrogens is 287 g/mol. The predicted molar refractivity (Wildman–Crippen MR) is 68.4 cm³/mol. The van der Waals surface area contributed by atoms with Gasteiger partial charge >= 0.3 is 0 Å². The topological polar surface area (TPSA) is 32.3 Å². The SMILES string of the molecule is CN(C(=O)CNc1ccc(F)cc1Br)C1CC1. The third-order valence-corrected chi connectivity index (χ3v) is 3.51. The zero-order chi connectivity index (χ0) is 12.4. The normalized spacial score (nSPS) is 14.5. The smallest absolute Gasteiger partial charge is 0.241 e. The molecule has 0 bridgehead atoms. The van der Waals surface area contributed by atoms with Gasteiger partial charge in [-0.1, -0.05) is 0 Å². The number of carbonyl (C=O) groups is 1. The van der Waals surface area contributed by atoms with Gasteiger partial charge in [0.1, 0.15) is 5.82 Å². The molecule has 0 spiro atoms. The van der Waals surface area contributed by atoms with Crippen LogP contribution in [0.1, 0.15) is 12.8 Å². The number of carbonyl (C=O) groups excluding carboxylic acids is 1. The number of benzene rings is 1. The quantitative estimate of drug-likeness (QED) is 0.927. The summed E-state index contributed by atoms with van der Waals surface area (Å²) in [6, 6.07) is 4.77. The van der Waals surface area contributed by atoms with Crippen molar-refractivity contribution in [3.05, 3.63) is 28.5 Å². The van der Waals surface area contributed by atoms with Crippen LogP contribution in [0.5, 0.6) is 0 Å². The number of hydrogen-bond donors (Lipinski definition) is 1. The lowest BCUT2D eigenvalue weighted by Gasteiger charge is -2.17. The van der Waals surface area contributed by atoms with Gasteiger partial charge in [-0.15, -0.1) is 0 Å². The van der Waals surface area contributed by atoms with Crippen LogP contribution in [0.3, 0.4) is 0 Å². The van der Waals surface area contributed by atoms with E-state index in [9.17, 15) is 9.18 Å². The van der Waals surface area contributed by atoms with E-state index in [1.54, 1.807) is 11.0 Å². The Morgan fingerprint density at radius 2 is 2.29 bits per heavy atom. The van der Waals surface area contributed by atoms with E-state index in [1.165, 1.54) is 12.1 Å². The van der Waals surface area contributed by atoms with Crippen LogP contribution in [-0.4, -0.2) is 30.4 Å². The molecule has 0 aromatic heterocycles. The lowest BCUT2D eigenvalue weighted by atomic mass is 10.3. The number of nitrogens with one attached hydrogen (secondary N) is 1. The minimum Gasteiger partial charge on any atom is -0.375 e. The number of nitrogens with zero attached hydrogens (tertiary/aromatic N) is 1. The Labute approximate surface area is 108 Å². The fraction of sp³-hybridized carbons (Fsp3) is 0.417. The number of halogens is 2. The second-order valence-electron chi connectivity index (χ2n) is 4.21. The van der Waals surface area contributed by atoms with Crippen molar-refractivity contribution in [3.8, 4) is 0 Å². The van der Waals surface area contributed by atoms with Crippen molar-refractivity contribution in [1.29, 1.82) is 0 Å². The summed E-state index contributed by atoms with van der Waals surface area (Å²) in [5.74, 6) is -0.243. The fourth-order valence-electron chi connectivity index (χ4n) is 1.59. The maximum Gasteiger partial charge on any atom is 0.241 e. The lowest BCUT2D eigenvalue weighted by Crippen LogP contribution is -2.33. The van der Waals surface area contributed by atoms with E-state index in [2.05, 4.69) is 21.2 Å². The lowest BCUT2D eigenvalue weighted by molar-refractivity contribution is -0.128. The third kappa shape index (κ3) is 3.19. The van der Waals surface area contributed by atoms with Crippen LogP contribution in [0.15, 0.2) is 22.7 Å². The largest absolute Gasteiger partial charge is 0.375 e. The zero-order valence-electron chi connectivity index (χ0n) is 9.54. The zero-order valence-corrected chi connectivity index (χ0v) is 11.1. The molecule has 1 aromatic carbocycles. The van der Waals surface area contributed by atoms with Crippen LogP contribution in [0, 0.1) is 5.82 Å². The van der Waals surface area contributed by atoms with E-state index in [4.69, 9.17) is 0 Å². The van der Waals surface area contributed by atoms with Gasteiger partial charge in [0.25, 0.3) is 0 Å². The first-order valence-corrected chi connectivity index (χ1v) is 6.32. The van der Waals surface area contributed by atoms with Crippen LogP contribution in [0.25, 0.3) is 0 Å². The van der Waals surface area contributed by atoms with E-state index >= 15 is 0 Å². The predicted octanol–water partition coefficient (Wildman–Crippen LogP) is 2.62. The monoisotopic (exact) mass is 300 g/mol. The standard InChI is InChI=1S/C12H14BrFN2O/c1-16(9-3-4-9)12(17)7-15-11-5-2-8(14)6-10(11)13/h2,5-6,9,15H,3-4,7H2,1H3. The van der Waals surface area contributed by atoms with Gasteiger partial charge in [0.05, 0.1) is 6.54 Å². The summed E-state index contributed by atoms with van der Waals surface area (Å²) in [6.45, 7) is 0.233. The van der Waals surface area contributed by atoms with Gasteiger partial charge in [0.15, 0.2) is 0 Å². The third-order valence-electron chi connectivity index (χ3n) is 2.85. The van der Waals surface area contributed by atoms with Crippen molar-refractivity contribution in [2.24, 2.45) is 0 Å². The molecule has 2 rings (SSSR count). The minimum atomic E-state index is -0.302. The Balaban J connectivity index is 1.90. The van der Waals surface area contributed by atoms with Crippen molar-refractivity contribution in [2.75, 3.05) is 18.9 Å². The van der Waals surface area contributed by atoms with Crippen LogP contribution in [0.2, 0.25) is 0 Å². The summed E-state index contributed by atoms with van der Waals surface area (Å²) >= 11 is 3.25. The van der Waals surface area contributed by atoms with Crippen LogP contribution >= 0.6 is 15.9 Å². The van der Waals surface area contributed by atoms with Crippen molar-refractivity contribution in [2.45, 2.75) is 18.9 Å². The highest BCUT2D eigenvalue weighted by Crippen LogP contribution is 2.26. The molecule has 0 unspecified atom stereocenters. The molecule has 1 aromatic rings. The maximum atomic E-state index is 12.9. The Bertz CT molecular complexity index is 435. The average Bonchev–Trinajstić information content (AvgIpc) is 3.10. The number of likely N-dealkylation sites (N-methyl/N-ethyl adjacent to an activating group) is 1. The van der Waals surface area contributed by atoms with Gasteiger partial charge in [-0.2, -0.15) is 0 Å². The van der Waals surface area contributed by atoms with Crippen LogP contribution in [0.4, 0.5) is 10.1 Å². The Morgan fingerprint density at radius 3 is 2.88 bits per heavy atom. The highest BCUT2D eigenvalue weighted by Gasteiger charge is 2.29. The van der Waals surface area contributed by atoms with E-state index in [1.807, 2.05) is 7.05 Å². The maximum absolute atomic E-state index is 12.9. The van der Waals surface area contributed by atoms with E-state index in [0.29, 0.717) is 10.5 Å². The highest BCUT2D eigenvalue weighted by molar-refractivity contribution is 9.10. The van der Waals surface area contributed by atoms with E-state index in [-0.39, 0.29) is 18.3 Å². The van der Waals surface area contributed by atoms with Crippen molar-refractivity contribution < 1.29 is 9.18 Å². The highest BCUT2D eigenvalue weighted by atomic mass is 79.9. The molecular formula is C12H14BrFN2O. The molecule has 1 N–H and O–H groups in total. The molecule has 17 heavy (non-hydrogen) atoms. The molecule has 92 valence electrons. The Morgan fingerprint density at radius 1 is 1.59 bits per heavy atom. The molecule has 5 heteroatoms. The van der Waals surface area contributed by atoms with Gasteiger partial charge in [-0.25, -0.2) is 4.39 Å². The number of rotatable bonds is 4. The average molecular weight is 301 g/mol. The minimum absolute atomic E-state index is 0.0590. The molecule has 0 radical (unpaired) electrons. The fourth-order valence-corrected chi connectivity index (χ4v) is 2.08. The molecule has 1 aliphatic carbocycles. The summed E-state index contributed by atoms with van der Waals surface area (Å²) in [4.78, 5) is 13.5. The van der Waals surface area contributed by atoms with Gasteiger partial charge < -0.3 is 10.2 Å². The van der Waals surface area contributed by atoms with Crippen LogP contribution in [-0.2, 0) is 4.79 Å². The molecule has 0 saturated heterocycles. The van der Waals surface area contributed by atoms with E-state index < -0.39 is 0 Å². The molecule has 0 aliphatic heterocycles. The number of hydrogen-bond acceptors (Lipinski definition) is 2. The molecule has 1 saturated carbocycles. The summed E-state index contributed by atoms with van der Waals surface area (Å²) in [5, 5.41) is 3.00. The second kappa shape index (κ2) is 5.04. The van der Waals surface area contributed by atoms with E-state index in [0.717, 1.165) is 18.5 Å². The van der Waals surface area contributed by atoms with Crippen LogP contribution < -0.4 is 5.32 Å². The van der Waals surface area contributed by atoms with Crippen molar-refractivity contribution >= 4 is 27.5 Å². The molecule has 1 fully saturated rings. The number of anilines is 1. The summed E-state index contributed by atoms with van der Waals surface area (Å²) in [6.07, 6.45) is 2.20. The number of amides is 1.